The summed E-state index contributed by atoms with van der Waals surface area (Å²) in [5.41, 5.74) is 4.74. The second-order valence-corrected chi connectivity index (χ2v) is 10.0. The van der Waals surface area contributed by atoms with E-state index in [0.29, 0.717) is 11.8 Å². The molecule has 0 saturated heterocycles. The molecule has 2 aromatic heterocycles. The standard InChI is InChI=1S/C23H28N4OS2/c1-15-9-11-17(12-10-15)21-16(2)29-13-19(21)22-25-26-23(27(22)3)30-14-20(28)24-18-7-5-4-6-8-18/h9-13,18H,4-8,14H2,1-3H3,(H,24,28). The molecule has 0 radical (unpaired) electrons. The van der Waals surface area contributed by atoms with Crippen LogP contribution in [-0.4, -0.2) is 32.5 Å². The molecule has 0 atom stereocenters. The zero-order chi connectivity index (χ0) is 21.1. The maximum absolute atomic E-state index is 12.4. The molecule has 1 aliphatic rings. The van der Waals surface area contributed by atoms with Gasteiger partial charge in [0.2, 0.25) is 5.91 Å². The lowest BCUT2D eigenvalue weighted by Crippen LogP contribution is -2.37. The molecule has 0 aliphatic heterocycles. The number of aryl methyl sites for hydroxylation is 2. The molecule has 0 bridgehead atoms. The number of aromatic nitrogens is 3. The summed E-state index contributed by atoms with van der Waals surface area (Å²) < 4.78 is 2.00. The summed E-state index contributed by atoms with van der Waals surface area (Å²) in [6.45, 7) is 4.24. The molecule has 7 heteroatoms. The van der Waals surface area contributed by atoms with Gasteiger partial charge in [0.1, 0.15) is 0 Å². The third-order valence-electron chi connectivity index (χ3n) is 5.69. The fourth-order valence-corrected chi connectivity index (χ4v) is 5.61. The number of nitrogens with zero attached hydrogens (tertiary/aromatic N) is 3. The number of thiophene rings is 1. The SMILES string of the molecule is Cc1ccc(-c2c(-c3nnc(SCC(=O)NC4CCCCC4)n3C)csc2C)cc1. The van der Waals surface area contributed by atoms with Crippen molar-refractivity contribution in [1.82, 2.24) is 20.1 Å². The van der Waals surface area contributed by atoms with Crippen LogP contribution in [0.25, 0.3) is 22.5 Å². The van der Waals surface area contributed by atoms with Gasteiger partial charge in [-0.2, -0.15) is 0 Å². The molecule has 1 fully saturated rings. The van der Waals surface area contributed by atoms with Gasteiger partial charge in [-0.05, 0) is 32.3 Å². The molecule has 1 aliphatic carbocycles. The van der Waals surface area contributed by atoms with Gasteiger partial charge >= 0.3 is 0 Å². The Labute approximate surface area is 186 Å². The molecule has 1 saturated carbocycles. The number of amides is 1. The molecule has 1 amide bonds. The first-order valence-corrected chi connectivity index (χ1v) is 12.4. The Hall–Kier alpha value is -2.12. The van der Waals surface area contributed by atoms with E-state index in [1.807, 2.05) is 11.6 Å². The van der Waals surface area contributed by atoms with E-state index < -0.39 is 0 Å². The quantitative estimate of drug-likeness (QED) is 0.524. The van der Waals surface area contributed by atoms with Crippen molar-refractivity contribution in [2.24, 2.45) is 7.05 Å². The number of rotatable bonds is 6. The fourth-order valence-electron chi connectivity index (χ4n) is 4.02. The van der Waals surface area contributed by atoms with Crippen LogP contribution in [0.4, 0.5) is 0 Å². The first kappa shape index (κ1) is 21.1. The summed E-state index contributed by atoms with van der Waals surface area (Å²) in [4.78, 5) is 13.6. The topological polar surface area (TPSA) is 59.8 Å². The van der Waals surface area contributed by atoms with Gasteiger partial charge in [0, 0.05) is 34.5 Å². The average Bonchev–Trinajstić information content (AvgIpc) is 3.30. The van der Waals surface area contributed by atoms with E-state index in [9.17, 15) is 4.79 Å². The monoisotopic (exact) mass is 440 g/mol. The molecule has 3 aromatic rings. The van der Waals surface area contributed by atoms with Crippen molar-refractivity contribution < 1.29 is 4.79 Å². The molecule has 5 nitrogen and oxygen atoms in total. The summed E-state index contributed by atoms with van der Waals surface area (Å²) in [7, 11) is 1.97. The first-order chi connectivity index (χ1) is 14.5. The van der Waals surface area contributed by atoms with Crippen LogP contribution in [0.15, 0.2) is 34.8 Å². The van der Waals surface area contributed by atoms with Gasteiger partial charge < -0.3 is 9.88 Å². The number of thioether (sulfide) groups is 1. The minimum atomic E-state index is 0.0863. The Balaban J connectivity index is 1.48. The molecule has 4 rings (SSSR count). The number of nitrogens with one attached hydrogen (secondary N) is 1. The van der Waals surface area contributed by atoms with E-state index in [1.165, 1.54) is 52.6 Å². The third kappa shape index (κ3) is 4.62. The van der Waals surface area contributed by atoms with E-state index in [-0.39, 0.29) is 5.91 Å². The van der Waals surface area contributed by atoms with Crippen molar-refractivity contribution in [3.8, 4) is 22.5 Å². The minimum Gasteiger partial charge on any atom is -0.353 e. The molecule has 158 valence electrons. The second kappa shape index (κ2) is 9.35. The van der Waals surface area contributed by atoms with Crippen molar-refractivity contribution in [3.63, 3.8) is 0 Å². The van der Waals surface area contributed by atoms with Crippen molar-refractivity contribution in [1.29, 1.82) is 0 Å². The van der Waals surface area contributed by atoms with Crippen LogP contribution in [0, 0.1) is 13.8 Å². The minimum absolute atomic E-state index is 0.0863. The van der Waals surface area contributed by atoms with E-state index in [2.05, 4.69) is 59.0 Å². The van der Waals surface area contributed by atoms with Crippen LogP contribution in [-0.2, 0) is 11.8 Å². The Kier molecular flexibility index (Phi) is 6.58. The lowest BCUT2D eigenvalue weighted by molar-refractivity contribution is -0.119. The molecule has 0 spiro atoms. The van der Waals surface area contributed by atoms with Crippen LogP contribution < -0.4 is 5.32 Å². The Morgan fingerprint density at radius 2 is 1.90 bits per heavy atom. The molecule has 1 N–H and O–H groups in total. The maximum atomic E-state index is 12.4. The van der Waals surface area contributed by atoms with Gasteiger partial charge in [-0.25, -0.2) is 0 Å². The predicted molar refractivity (Wildman–Crippen MR) is 125 cm³/mol. The maximum Gasteiger partial charge on any atom is 0.230 e. The van der Waals surface area contributed by atoms with Gasteiger partial charge in [-0.15, -0.1) is 21.5 Å². The predicted octanol–water partition coefficient (Wildman–Crippen LogP) is 5.37. The fraction of sp³-hybridized carbons (Fsp3) is 0.435. The van der Waals surface area contributed by atoms with Crippen LogP contribution in [0.2, 0.25) is 0 Å². The smallest absolute Gasteiger partial charge is 0.230 e. The average molecular weight is 441 g/mol. The highest BCUT2D eigenvalue weighted by Gasteiger charge is 2.20. The number of benzene rings is 1. The Morgan fingerprint density at radius 1 is 1.17 bits per heavy atom. The van der Waals surface area contributed by atoms with Crippen LogP contribution in [0.3, 0.4) is 0 Å². The van der Waals surface area contributed by atoms with Crippen LogP contribution >= 0.6 is 23.1 Å². The van der Waals surface area contributed by atoms with Gasteiger partial charge in [-0.3, -0.25) is 4.79 Å². The molecular formula is C23H28N4OS2. The Morgan fingerprint density at radius 3 is 2.63 bits per heavy atom. The van der Waals surface area contributed by atoms with Crippen molar-refractivity contribution >= 4 is 29.0 Å². The third-order valence-corrected chi connectivity index (χ3v) is 7.63. The molecule has 0 unspecified atom stereocenters. The van der Waals surface area contributed by atoms with E-state index in [4.69, 9.17) is 0 Å². The molecule has 2 heterocycles. The van der Waals surface area contributed by atoms with Crippen molar-refractivity contribution in [3.05, 3.63) is 40.1 Å². The van der Waals surface area contributed by atoms with Gasteiger partial charge in [0.15, 0.2) is 11.0 Å². The summed E-state index contributed by atoms with van der Waals surface area (Å²) in [6.07, 6.45) is 5.92. The normalized spacial score (nSPS) is 14.8. The highest BCUT2D eigenvalue weighted by molar-refractivity contribution is 7.99. The lowest BCUT2D eigenvalue weighted by atomic mass is 9.95. The van der Waals surface area contributed by atoms with Gasteiger partial charge in [-0.1, -0.05) is 60.9 Å². The largest absolute Gasteiger partial charge is 0.353 e. The number of carbonyl (C=O) groups excluding carboxylic acids is 1. The zero-order valence-electron chi connectivity index (χ0n) is 17.8. The molecule has 1 aromatic carbocycles. The first-order valence-electron chi connectivity index (χ1n) is 10.5. The summed E-state index contributed by atoms with van der Waals surface area (Å²) in [5, 5.41) is 14.9. The highest BCUT2D eigenvalue weighted by Crippen LogP contribution is 2.38. The van der Waals surface area contributed by atoms with Crippen LogP contribution in [0.5, 0.6) is 0 Å². The van der Waals surface area contributed by atoms with E-state index in [0.717, 1.165) is 29.4 Å². The van der Waals surface area contributed by atoms with Gasteiger partial charge in [0.05, 0.1) is 5.75 Å². The number of hydrogen-bond acceptors (Lipinski definition) is 5. The lowest BCUT2D eigenvalue weighted by Gasteiger charge is -2.22. The highest BCUT2D eigenvalue weighted by atomic mass is 32.2. The van der Waals surface area contributed by atoms with Crippen molar-refractivity contribution in [2.45, 2.75) is 57.1 Å². The summed E-state index contributed by atoms with van der Waals surface area (Å²) >= 11 is 3.18. The summed E-state index contributed by atoms with van der Waals surface area (Å²) in [6, 6.07) is 8.94. The Bertz CT molecular complexity index is 1020. The van der Waals surface area contributed by atoms with Crippen LogP contribution in [0.1, 0.15) is 42.5 Å². The second-order valence-electron chi connectivity index (χ2n) is 8.00. The molecular weight excluding hydrogens is 412 g/mol. The van der Waals surface area contributed by atoms with Crippen molar-refractivity contribution in [2.75, 3.05) is 5.75 Å². The van der Waals surface area contributed by atoms with Gasteiger partial charge in [0.25, 0.3) is 0 Å². The number of hydrogen-bond donors (Lipinski definition) is 1. The van der Waals surface area contributed by atoms with E-state index >= 15 is 0 Å². The van der Waals surface area contributed by atoms with E-state index in [1.54, 1.807) is 11.3 Å². The zero-order valence-corrected chi connectivity index (χ0v) is 19.4. The summed E-state index contributed by atoms with van der Waals surface area (Å²) in [5.74, 6) is 1.30. The molecule has 30 heavy (non-hydrogen) atoms. The number of carbonyl (C=O) groups is 1.